The number of rotatable bonds is 5. The molecule has 0 unspecified atom stereocenters. The van der Waals surface area contributed by atoms with Gasteiger partial charge in [-0.25, -0.2) is 0 Å². The topological polar surface area (TPSA) is 69.6 Å². The Kier molecular flexibility index (Phi) is 4.73. The van der Waals surface area contributed by atoms with Crippen LogP contribution in [0.5, 0.6) is 0 Å². The van der Waals surface area contributed by atoms with Crippen LogP contribution >= 0.6 is 23.4 Å². The van der Waals surface area contributed by atoms with Crippen LogP contribution in [-0.2, 0) is 12.8 Å². The van der Waals surface area contributed by atoms with Gasteiger partial charge in [0, 0.05) is 41.7 Å². The third-order valence-corrected chi connectivity index (χ3v) is 5.07. The number of aromatic nitrogens is 5. The fourth-order valence-corrected chi connectivity index (χ4v) is 3.47. The highest BCUT2D eigenvalue weighted by Gasteiger charge is 2.13. The number of thioether (sulfide) groups is 1. The lowest BCUT2D eigenvalue weighted by Crippen LogP contribution is -1.95. The van der Waals surface area contributed by atoms with Crippen molar-refractivity contribution in [3.05, 3.63) is 65.6 Å². The summed E-state index contributed by atoms with van der Waals surface area (Å²) in [7, 11) is 1.94. The summed E-state index contributed by atoms with van der Waals surface area (Å²) >= 11 is 7.57. The van der Waals surface area contributed by atoms with E-state index in [0.29, 0.717) is 10.8 Å². The molecule has 6 nitrogen and oxygen atoms in total. The number of halogens is 1. The standard InChI is InChI=1S/C18H14ClN5OS/c1-24-17(12-5-7-20-8-6-12)21-22-18(24)26-11-15-10-16(23-25-15)13-3-2-4-14(19)9-13/h2-10H,11H2,1H3. The predicted molar refractivity (Wildman–Crippen MR) is 101 cm³/mol. The van der Waals surface area contributed by atoms with E-state index in [-0.39, 0.29) is 0 Å². The van der Waals surface area contributed by atoms with E-state index in [1.165, 1.54) is 0 Å². The Bertz CT molecular complexity index is 1030. The summed E-state index contributed by atoms with van der Waals surface area (Å²) < 4.78 is 7.38. The summed E-state index contributed by atoms with van der Waals surface area (Å²) in [5.41, 5.74) is 2.67. The summed E-state index contributed by atoms with van der Waals surface area (Å²) in [6, 6.07) is 13.3. The highest BCUT2D eigenvalue weighted by molar-refractivity contribution is 7.98. The number of hydrogen-bond donors (Lipinski definition) is 0. The van der Waals surface area contributed by atoms with Crippen molar-refractivity contribution in [1.29, 1.82) is 0 Å². The van der Waals surface area contributed by atoms with Crippen LogP contribution in [0.25, 0.3) is 22.6 Å². The molecule has 4 aromatic rings. The molecular weight excluding hydrogens is 370 g/mol. The van der Waals surface area contributed by atoms with Crippen molar-refractivity contribution in [2.45, 2.75) is 10.9 Å². The van der Waals surface area contributed by atoms with E-state index < -0.39 is 0 Å². The smallest absolute Gasteiger partial charge is 0.191 e. The maximum atomic E-state index is 6.03. The van der Waals surface area contributed by atoms with Gasteiger partial charge in [0.15, 0.2) is 11.0 Å². The first-order chi connectivity index (χ1) is 12.7. The highest BCUT2D eigenvalue weighted by Crippen LogP contribution is 2.27. The lowest BCUT2D eigenvalue weighted by Gasteiger charge is -2.02. The highest BCUT2D eigenvalue weighted by atomic mass is 35.5. The molecule has 0 aliphatic carbocycles. The third-order valence-electron chi connectivity index (χ3n) is 3.80. The molecule has 0 saturated heterocycles. The van der Waals surface area contributed by atoms with E-state index in [4.69, 9.17) is 16.1 Å². The van der Waals surface area contributed by atoms with E-state index >= 15 is 0 Å². The predicted octanol–water partition coefficient (Wildman–Crippen LogP) is 4.48. The maximum Gasteiger partial charge on any atom is 0.191 e. The summed E-state index contributed by atoms with van der Waals surface area (Å²) in [4.78, 5) is 4.03. The third kappa shape index (κ3) is 3.49. The molecule has 0 aliphatic rings. The number of hydrogen-bond acceptors (Lipinski definition) is 6. The van der Waals surface area contributed by atoms with Gasteiger partial charge >= 0.3 is 0 Å². The second kappa shape index (κ2) is 7.31. The van der Waals surface area contributed by atoms with Crippen LogP contribution in [0.2, 0.25) is 5.02 Å². The Morgan fingerprint density at radius 2 is 1.92 bits per heavy atom. The second-order valence-corrected chi connectivity index (χ2v) is 6.96. The first-order valence-corrected chi connectivity index (χ1v) is 9.21. The normalized spacial score (nSPS) is 11.0. The van der Waals surface area contributed by atoms with Gasteiger partial charge in [0.1, 0.15) is 11.5 Å². The van der Waals surface area contributed by atoms with Crippen LogP contribution in [0.15, 0.2) is 64.5 Å². The lowest BCUT2D eigenvalue weighted by atomic mass is 10.1. The molecule has 3 aromatic heterocycles. The molecule has 0 spiro atoms. The summed E-state index contributed by atoms with van der Waals surface area (Å²) in [6.07, 6.45) is 3.48. The van der Waals surface area contributed by atoms with E-state index in [9.17, 15) is 0 Å². The van der Waals surface area contributed by atoms with Crippen LogP contribution in [0.4, 0.5) is 0 Å². The largest absolute Gasteiger partial charge is 0.360 e. The molecule has 0 fully saturated rings. The van der Waals surface area contributed by atoms with Crippen molar-refractivity contribution in [1.82, 2.24) is 24.9 Å². The van der Waals surface area contributed by atoms with Crippen molar-refractivity contribution in [2.24, 2.45) is 7.05 Å². The van der Waals surface area contributed by atoms with Gasteiger partial charge in [0.25, 0.3) is 0 Å². The second-order valence-electron chi connectivity index (χ2n) is 5.58. The van der Waals surface area contributed by atoms with Gasteiger partial charge in [0.2, 0.25) is 0 Å². The number of nitrogens with zero attached hydrogens (tertiary/aromatic N) is 5. The molecule has 0 bridgehead atoms. The number of benzene rings is 1. The zero-order valence-electron chi connectivity index (χ0n) is 13.8. The molecule has 0 amide bonds. The molecule has 0 saturated carbocycles. The van der Waals surface area contributed by atoms with E-state index in [1.54, 1.807) is 24.2 Å². The summed E-state index contributed by atoms with van der Waals surface area (Å²) in [5.74, 6) is 2.17. The van der Waals surface area contributed by atoms with Gasteiger partial charge in [-0.05, 0) is 24.3 Å². The lowest BCUT2D eigenvalue weighted by molar-refractivity contribution is 0.397. The van der Waals surface area contributed by atoms with Crippen molar-refractivity contribution >= 4 is 23.4 Å². The molecule has 4 rings (SSSR count). The minimum Gasteiger partial charge on any atom is -0.360 e. The van der Waals surface area contributed by atoms with E-state index in [1.807, 2.05) is 54.1 Å². The SMILES string of the molecule is Cn1c(SCc2cc(-c3cccc(Cl)c3)no2)nnc1-c1ccncc1. The number of pyridine rings is 1. The van der Waals surface area contributed by atoms with Gasteiger partial charge < -0.3 is 9.09 Å². The average Bonchev–Trinajstić information content (AvgIpc) is 3.28. The first-order valence-electron chi connectivity index (χ1n) is 7.85. The minimum atomic E-state index is 0.607. The molecule has 0 N–H and O–H groups in total. The Morgan fingerprint density at radius 3 is 2.73 bits per heavy atom. The zero-order valence-corrected chi connectivity index (χ0v) is 15.4. The van der Waals surface area contributed by atoms with Crippen molar-refractivity contribution in [3.63, 3.8) is 0 Å². The van der Waals surface area contributed by atoms with Crippen LogP contribution in [-0.4, -0.2) is 24.9 Å². The maximum absolute atomic E-state index is 6.03. The van der Waals surface area contributed by atoms with Gasteiger partial charge in [-0.15, -0.1) is 10.2 Å². The Balaban J connectivity index is 1.48. The van der Waals surface area contributed by atoms with Crippen LogP contribution in [0.3, 0.4) is 0 Å². The van der Waals surface area contributed by atoms with Gasteiger partial charge in [-0.3, -0.25) is 4.98 Å². The molecule has 8 heteroatoms. The van der Waals surface area contributed by atoms with E-state index in [2.05, 4.69) is 20.3 Å². The fourth-order valence-electron chi connectivity index (χ4n) is 2.49. The van der Waals surface area contributed by atoms with Crippen LogP contribution in [0.1, 0.15) is 5.76 Å². The van der Waals surface area contributed by atoms with Gasteiger partial charge in [0.05, 0.1) is 5.75 Å². The average molecular weight is 384 g/mol. The Morgan fingerprint density at radius 1 is 1.08 bits per heavy atom. The van der Waals surface area contributed by atoms with E-state index in [0.717, 1.165) is 33.6 Å². The molecule has 0 atom stereocenters. The fraction of sp³-hybridized carbons (Fsp3) is 0.111. The molecule has 130 valence electrons. The summed E-state index contributed by atoms with van der Waals surface area (Å²) in [5, 5.41) is 14.1. The Hall–Kier alpha value is -2.64. The molecular formula is C18H14ClN5OS. The summed E-state index contributed by atoms with van der Waals surface area (Å²) in [6.45, 7) is 0. The van der Waals surface area contributed by atoms with Gasteiger partial charge in [-0.2, -0.15) is 0 Å². The molecule has 0 aliphatic heterocycles. The van der Waals surface area contributed by atoms with Crippen molar-refractivity contribution in [2.75, 3.05) is 0 Å². The van der Waals surface area contributed by atoms with Crippen LogP contribution < -0.4 is 0 Å². The quantitative estimate of drug-likeness (QED) is 0.473. The van der Waals surface area contributed by atoms with Crippen molar-refractivity contribution in [3.8, 4) is 22.6 Å². The zero-order chi connectivity index (χ0) is 17.9. The minimum absolute atomic E-state index is 0.607. The van der Waals surface area contributed by atoms with Crippen molar-refractivity contribution < 1.29 is 4.52 Å². The monoisotopic (exact) mass is 383 g/mol. The first kappa shape index (κ1) is 16.8. The van der Waals surface area contributed by atoms with Crippen LogP contribution in [0, 0.1) is 0 Å². The molecule has 3 heterocycles. The Labute approximate surface area is 159 Å². The van der Waals surface area contributed by atoms with Gasteiger partial charge in [-0.1, -0.05) is 40.7 Å². The molecule has 0 radical (unpaired) electrons. The molecule has 1 aromatic carbocycles. The molecule has 26 heavy (non-hydrogen) atoms.